The van der Waals surface area contributed by atoms with Crippen LogP contribution in [0.4, 0.5) is 11.4 Å². The molecule has 0 atom stereocenters. The monoisotopic (exact) mass is 410 g/mol. The Hall–Kier alpha value is -3.75. The molecule has 156 valence electrons. The lowest BCUT2D eigenvalue weighted by Gasteiger charge is -2.19. The SMILES string of the molecule is COC(=O)c1c(NC(C)=O)c2cc(NCc3ccc4c(c3)OCCO4)cnc2n1C. The molecule has 0 spiro atoms. The van der Waals surface area contributed by atoms with E-state index in [1.165, 1.54) is 14.0 Å². The minimum atomic E-state index is -0.551. The third-order valence-electron chi connectivity index (χ3n) is 4.81. The molecule has 0 aliphatic carbocycles. The summed E-state index contributed by atoms with van der Waals surface area (Å²) in [4.78, 5) is 28.4. The van der Waals surface area contributed by atoms with Crippen LogP contribution >= 0.6 is 0 Å². The summed E-state index contributed by atoms with van der Waals surface area (Å²) in [5, 5.41) is 6.68. The minimum Gasteiger partial charge on any atom is -0.486 e. The number of pyridine rings is 1. The Morgan fingerprint density at radius 1 is 1.20 bits per heavy atom. The van der Waals surface area contributed by atoms with Gasteiger partial charge in [-0.05, 0) is 23.8 Å². The van der Waals surface area contributed by atoms with Crippen molar-refractivity contribution in [3.05, 3.63) is 41.7 Å². The van der Waals surface area contributed by atoms with E-state index in [4.69, 9.17) is 14.2 Å². The predicted molar refractivity (Wildman–Crippen MR) is 111 cm³/mol. The first-order chi connectivity index (χ1) is 14.5. The molecule has 0 fully saturated rings. The molecule has 9 heteroatoms. The number of nitrogens with one attached hydrogen (secondary N) is 2. The van der Waals surface area contributed by atoms with Gasteiger partial charge in [-0.2, -0.15) is 0 Å². The van der Waals surface area contributed by atoms with Crippen LogP contribution in [0.5, 0.6) is 11.5 Å². The van der Waals surface area contributed by atoms with E-state index in [0.29, 0.717) is 36.5 Å². The lowest BCUT2D eigenvalue weighted by Crippen LogP contribution is -2.15. The lowest BCUT2D eigenvalue weighted by molar-refractivity contribution is -0.114. The molecule has 1 amide bonds. The highest BCUT2D eigenvalue weighted by Gasteiger charge is 2.23. The van der Waals surface area contributed by atoms with Crippen molar-refractivity contribution in [2.45, 2.75) is 13.5 Å². The molecule has 2 N–H and O–H groups in total. The van der Waals surface area contributed by atoms with Crippen LogP contribution in [0.2, 0.25) is 0 Å². The number of esters is 1. The Bertz CT molecular complexity index is 1140. The van der Waals surface area contributed by atoms with E-state index in [-0.39, 0.29) is 11.6 Å². The van der Waals surface area contributed by atoms with Crippen LogP contribution in [0.1, 0.15) is 23.0 Å². The zero-order valence-electron chi connectivity index (χ0n) is 16.9. The van der Waals surface area contributed by atoms with E-state index >= 15 is 0 Å². The second kappa shape index (κ2) is 7.94. The summed E-state index contributed by atoms with van der Waals surface area (Å²) in [6.45, 7) is 3.01. The van der Waals surface area contributed by atoms with Gasteiger partial charge in [0.2, 0.25) is 5.91 Å². The van der Waals surface area contributed by atoms with Crippen molar-refractivity contribution in [2.24, 2.45) is 7.05 Å². The molecule has 4 rings (SSSR count). The zero-order chi connectivity index (χ0) is 21.3. The number of ether oxygens (including phenoxy) is 3. The molecule has 1 aliphatic heterocycles. The van der Waals surface area contributed by atoms with Gasteiger partial charge in [0, 0.05) is 25.9 Å². The van der Waals surface area contributed by atoms with Crippen molar-refractivity contribution >= 4 is 34.3 Å². The van der Waals surface area contributed by atoms with E-state index < -0.39 is 5.97 Å². The van der Waals surface area contributed by atoms with E-state index in [9.17, 15) is 9.59 Å². The maximum atomic E-state index is 12.3. The molecule has 0 saturated carbocycles. The predicted octanol–water partition coefficient (Wildman–Crippen LogP) is 2.70. The summed E-state index contributed by atoms with van der Waals surface area (Å²) in [5.74, 6) is 0.632. The number of benzene rings is 1. The Balaban J connectivity index is 1.64. The van der Waals surface area contributed by atoms with Gasteiger partial charge in [-0.25, -0.2) is 9.78 Å². The Morgan fingerprint density at radius 2 is 1.97 bits per heavy atom. The number of amides is 1. The molecule has 1 aliphatic rings. The quantitative estimate of drug-likeness (QED) is 0.623. The van der Waals surface area contributed by atoms with Gasteiger partial charge in [0.15, 0.2) is 17.2 Å². The molecule has 0 saturated heterocycles. The first-order valence-electron chi connectivity index (χ1n) is 9.44. The van der Waals surface area contributed by atoms with E-state index in [1.807, 2.05) is 24.3 Å². The van der Waals surface area contributed by atoms with E-state index in [2.05, 4.69) is 15.6 Å². The van der Waals surface area contributed by atoms with Crippen LogP contribution < -0.4 is 20.1 Å². The largest absolute Gasteiger partial charge is 0.486 e. The Morgan fingerprint density at radius 3 is 2.70 bits per heavy atom. The van der Waals surface area contributed by atoms with Crippen molar-refractivity contribution in [3.8, 4) is 11.5 Å². The Labute approximate surface area is 172 Å². The highest BCUT2D eigenvalue weighted by molar-refractivity contribution is 6.10. The molecule has 0 radical (unpaired) electrons. The summed E-state index contributed by atoms with van der Waals surface area (Å²) >= 11 is 0. The van der Waals surface area contributed by atoms with Crippen LogP contribution in [0.25, 0.3) is 11.0 Å². The molecule has 30 heavy (non-hydrogen) atoms. The third kappa shape index (κ3) is 3.61. The zero-order valence-corrected chi connectivity index (χ0v) is 16.9. The van der Waals surface area contributed by atoms with Crippen LogP contribution in [0.3, 0.4) is 0 Å². The van der Waals surface area contributed by atoms with Gasteiger partial charge in [0.25, 0.3) is 0 Å². The summed E-state index contributed by atoms with van der Waals surface area (Å²) in [6, 6.07) is 7.64. The number of hydrogen-bond donors (Lipinski definition) is 2. The third-order valence-corrected chi connectivity index (χ3v) is 4.81. The van der Waals surface area contributed by atoms with Crippen molar-refractivity contribution in [1.82, 2.24) is 9.55 Å². The number of rotatable bonds is 5. The molecule has 1 aromatic carbocycles. The molecular weight excluding hydrogens is 388 g/mol. The lowest BCUT2D eigenvalue weighted by atomic mass is 10.2. The smallest absolute Gasteiger partial charge is 0.356 e. The number of carbonyl (C=O) groups is 2. The molecule has 3 aromatic rings. The average Bonchev–Trinajstić information content (AvgIpc) is 3.02. The standard InChI is InChI=1S/C21H22N4O5/c1-12(26)24-18-15-9-14(11-23-20(15)25(2)19(18)21(27)28-3)22-10-13-4-5-16-17(8-13)30-7-6-29-16/h4-5,8-9,11,22H,6-7,10H2,1-3H3,(H,24,26). The molecule has 3 heterocycles. The number of aromatic nitrogens is 2. The van der Waals surface area contributed by atoms with E-state index in [1.54, 1.807) is 17.8 Å². The second-order valence-corrected chi connectivity index (χ2v) is 6.88. The molecule has 9 nitrogen and oxygen atoms in total. The van der Waals surface area contributed by atoms with Crippen molar-refractivity contribution in [1.29, 1.82) is 0 Å². The van der Waals surface area contributed by atoms with Gasteiger partial charge in [0.05, 0.1) is 24.7 Å². The van der Waals surface area contributed by atoms with Gasteiger partial charge in [-0.3, -0.25) is 4.79 Å². The number of methoxy groups -OCH3 is 1. The van der Waals surface area contributed by atoms with Gasteiger partial charge in [-0.15, -0.1) is 0 Å². The van der Waals surface area contributed by atoms with Crippen LogP contribution in [-0.2, 0) is 23.1 Å². The molecule has 0 unspecified atom stereocenters. The number of carbonyl (C=O) groups excluding carboxylic acids is 2. The van der Waals surface area contributed by atoms with Crippen molar-refractivity contribution in [2.75, 3.05) is 31.0 Å². The van der Waals surface area contributed by atoms with Crippen LogP contribution in [-0.4, -0.2) is 41.8 Å². The topological polar surface area (TPSA) is 104 Å². The first-order valence-corrected chi connectivity index (χ1v) is 9.44. The van der Waals surface area contributed by atoms with Crippen molar-refractivity contribution in [3.63, 3.8) is 0 Å². The van der Waals surface area contributed by atoms with Gasteiger partial charge >= 0.3 is 5.97 Å². The van der Waals surface area contributed by atoms with Crippen LogP contribution in [0.15, 0.2) is 30.5 Å². The van der Waals surface area contributed by atoms with Gasteiger partial charge in [0.1, 0.15) is 18.9 Å². The Kier molecular flexibility index (Phi) is 5.18. The number of nitrogens with zero attached hydrogens (tertiary/aromatic N) is 2. The van der Waals surface area contributed by atoms with Crippen LogP contribution in [0, 0.1) is 0 Å². The minimum absolute atomic E-state index is 0.235. The van der Waals surface area contributed by atoms with E-state index in [0.717, 1.165) is 22.7 Å². The van der Waals surface area contributed by atoms with Gasteiger partial charge in [-0.1, -0.05) is 6.07 Å². The maximum Gasteiger partial charge on any atom is 0.356 e. The number of hydrogen-bond acceptors (Lipinski definition) is 7. The molecule has 2 aromatic heterocycles. The fraction of sp³-hybridized carbons (Fsp3) is 0.286. The average molecular weight is 410 g/mol. The summed E-state index contributed by atoms with van der Waals surface area (Å²) in [5.41, 5.74) is 2.93. The first kappa shape index (κ1) is 19.6. The fourth-order valence-corrected chi connectivity index (χ4v) is 3.45. The summed E-state index contributed by atoms with van der Waals surface area (Å²) in [6.07, 6.45) is 1.68. The van der Waals surface area contributed by atoms with Crippen molar-refractivity contribution < 1.29 is 23.8 Å². The number of aryl methyl sites for hydroxylation is 1. The normalized spacial score (nSPS) is 12.5. The summed E-state index contributed by atoms with van der Waals surface area (Å²) < 4.78 is 17.7. The summed E-state index contributed by atoms with van der Waals surface area (Å²) in [7, 11) is 3.00. The molecule has 0 bridgehead atoms. The second-order valence-electron chi connectivity index (χ2n) is 6.88. The van der Waals surface area contributed by atoms with Gasteiger partial charge < -0.3 is 29.4 Å². The molecular formula is C21H22N4O5. The maximum absolute atomic E-state index is 12.3. The highest BCUT2D eigenvalue weighted by atomic mass is 16.6. The number of anilines is 2. The highest BCUT2D eigenvalue weighted by Crippen LogP contribution is 2.33. The fourth-order valence-electron chi connectivity index (χ4n) is 3.45. The number of fused-ring (bicyclic) bond motifs is 2.